The van der Waals surface area contributed by atoms with Crippen LogP contribution in [0.4, 0.5) is 22.7 Å². The minimum atomic E-state index is 0.207. The third-order valence-electron chi connectivity index (χ3n) is 20.7. The molecular weight excluding hydrogens is 1290 g/mol. The molecule has 0 radical (unpaired) electrons. The zero-order valence-electron chi connectivity index (χ0n) is 69.8. The zero-order valence-corrected chi connectivity index (χ0v) is 69.8. The Kier molecular flexibility index (Phi) is 26.0. The summed E-state index contributed by atoms with van der Waals surface area (Å²) in [5.41, 5.74) is 26.2. The van der Waals surface area contributed by atoms with Crippen molar-refractivity contribution >= 4 is 78.9 Å². The molecule has 0 unspecified atom stereocenters. The number of fused-ring (bicyclic) bond motifs is 8. The lowest BCUT2D eigenvalue weighted by Crippen LogP contribution is -2.19. The normalized spacial score (nSPS) is 13.9. The Bertz CT molecular complexity index is 4650. The molecule has 5 aliphatic rings. The number of hydrogen-bond donors (Lipinski definition) is 0. The first-order valence-corrected chi connectivity index (χ1v) is 39.3. The Morgan fingerprint density at radius 1 is 0.215 bits per heavy atom. The van der Waals surface area contributed by atoms with E-state index in [-0.39, 0.29) is 37.9 Å². The van der Waals surface area contributed by atoms with E-state index in [1.807, 2.05) is 24.6 Å². The maximum absolute atomic E-state index is 4.64. The van der Waals surface area contributed by atoms with Gasteiger partial charge in [-0.2, -0.15) is 0 Å². The van der Waals surface area contributed by atoms with E-state index in [4.69, 9.17) is 0 Å². The fraction of sp³-hybridized carbons (Fsp3) is 0.379. The lowest BCUT2D eigenvalue weighted by molar-refractivity contribution is 0.584. The van der Waals surface area contributed by atoms with Crippen LogP contribution in [0.5, 0.6) is 0 Å². The van der Waals surface area contributed by atoms with E-state index in [9.17, 15) is 0 Å². The van der Waals surface area contributed by atoms with Crippen molar-refractivity contribution in [2.45, 2.75) is 244 Å². The van der Waals surface area contributed by atoms with Crippen molar-refractivity contribution in [3.8, 4) is 0 Å². The van der Waals surface area contributed by atoms with Crippen molar-refractivity contribution in [3.05, 3.63) is 297 Å². The van der Waals surface area contributed by atoms with Gasteiger partial charge in [-0.25, -0.2) is 0 Å². The summed E-state index contributed by atoms with van der Waals surface area (Å²) in [7, 11) is 0. The minimum Gasteiger partial charge on any atom is -0.261 e. The highest BCUT2D eigenvalue weighted by molar-refractivity contribution is 5.98. The van der Waals surface area contributed by atoms with E-state index in [1.165, 1.54) is 119 Å². The molecule has 11 aromatic rings. The van der Waals surface area contributed by atoms with Gasteiger partial charge >= 0.3 is 0 Å². The van der Waals surface area contributed by atoms with Crippen molar-refractivity contribution in [1.29, 1.82) is 0 Å². The maximum Gasteiger partial charge on any atom is 0.0665 e. The van der Waals surface area contributed by atoms with Crippen LogP contribution in [0.25, 0.3) is 32.3 Å². The molecule has 4 aliphatic heterocycles. The second-order valence-corrected chi connectivity index (χ2v) is 38.0. The van der Waals surface area contributed by atoms with Gasteiger partial charge in [-0.05, 0) is 175 Å². The van der Waals surface area contributed by atoms with Crippen LogP contribution in [0.1, 0.15) is 239 Å². The first-order chi connectivity index (χ1) is 50.1. The second kappa shape index (κ2) is 34.0. The van der Waals surface area contributed by atoms with Gasteiger partial charge in [-0.15, -0.1) is 0 Å². The highest BCUT2D eigenvalue weighted by Gasteiger charge is 2.27. The maximum atomic E-state index is 4.64. The molecule has 0 saturated carbocycles. The molecule has 0 N–H and O–H groups in total. The highest BCUT2D eigenvalue weighted by atomic mass is 14.8. The van der Waals surface area contributed by atoms with Gasteiger partial charge in [0.2, 0.25) is 0 Å². The first-order valence-electron chi connectivity index (χ1n) is 39.3. The van der Waals surface area contributed by atoms with Gasteiger partial charge in [0.05, 0.1) is 22.7 Å². The van der Waals surface area contributed by atoms with E-state index < -0.39 is 0 Å². The number of para-hydroxylation sites is 2. The Morgan fingerprint density at radius 3 is 0.897 bits per heavy atom. The van der Waals surface area contributed by atoms with Gasteiger partial charge in [-0.3, -0.25) is 20.0 Å². The largest absolute Gasteiger partial charge is 0.261 e. The first kappa shape index (κ1) is 81.9. The van der Waals surface area contributed by atoms with E-state index in [0.29, 0.717) is 5.41 Å². The second-order valence-electron chi connectivity index (χ2n) is 38.0. The lowest BCUT2D eigenvalue weighted by Gasteiger charge is -2.19. The Labute approximate surface area is 646 Å². The van der Waals surface area contributed by atoms with Gasteiger partial charge in [0.15, 0.2) is 0 Å². The number of aryl methyl sites for hydroxylation is 2. The fourth-order valence-corrected chi connectivity index (χ4v) is 13.3. The molecule has 1 aliphatic carbocycles. The van der Waals surface area contributed by atoms with Crippen molar-refractivity contribution in [3.63, 3.8) is 0 Å². The smallest absolute Gasteiger partial charge is 0.0665 e. The molecule has 107 heavy (non-hydrogen) atoms. The third kappa shape index (κ3) is 23.2. The molecule has 0 amide bonds. The lowest BCUT2D eigenvalue weighted by atomic mass is 9.85. The molecule has 0 fully saturated rings. The predicted molar refractivity (Wildman–Crippen MR) is 472 cm³/mol. The quantitative estimate of drug-likeness (QED) is 0.145. The fourth-order valence-electron chi connectivity index (χ4n) is 13.3. The van der Waals surface area contributed by atoms with Crippen LogP contribution in [-0.4, -0.2) is 23.9 Å². The van der Waals surface area contributed by atoms with Crippen LogP contribution >= 0.6 is 0 Å². The van der Waals surface area contributed by atoms with Crippen LogP contribution < -0.4 is 0 Å². The van der Waals surface area contributed by atoms with E-state index in [0.717, 1.165) is 48.4 Å². The van der Waals surface area contributed by atoms with Crippen molar-refractivity contribution in [1.82, 2.24) is 0 Å². The summed E-state index contributed by atoms with van der Waals surface area (Å²) in [5.74, 6) is 0. The summed E-state index contributed by atoms with van der Waals surface area (Å²) in [6.07, 6.45) is 12.0. The van der Waals surface area contributed by atoms with Gasteiger partial charge in [-0.1, -0.05) is 372 Å². The Balaban J connectivity index is 0.000000141. The molecule has 0 spiro atoms. The molecule has 4 heteroatoms. The van der Waals surface area contributed by atoms with E-state index in [1.54, 1.807) is 11.1 Å². The van der Waals surface area contributed by atoms with Gasteiger partial charge < -0.3 is 0 Å². The van der Waals surface area contributed by atoms with Crippen molar-refractivity contribution in [2.24, 2.45) is 30.8 Å². The summed E-state index contributed by atoms with van der Waals surface area (Å²) in [5, 5.41) is 7.96. The number of rotatable bonds is 0. The molecule has 11 aromatic carbocycles. The topological polar surface area (TPSA) is 49.4 Å². The van der Waals surface area contributed by atoms with Crippen molar-refractivity contribution in [2.75, 3.05) is 0 Å². The molecule has 558 valence electrons. The molecule has 4 heterocycles. The number of aliphatic imine (C=N–C) groups is 4. The number of nitrogens with zero attached hydrogens (tertiary/aromatic N) is 4. The molecule has 0 atom stereocenters. The standard InChI is InChI=1S/3C14H16.C13H18.4C12H15N/c3*1-14(2,3)13-9-8-11-6-4-5-7-12(11)10-13;1-13(2,3)12-8-7-10-5-4-6-11(10)9-12;1-12(2,3)10-4-5-11-9(8-10)6-7-13-11;1-12(2,3)10-5-4-9-6-7-13-11(9)8-10;2*1-12(2,3)11-8-9-6-4-5-7-10(9)13-11/h3*4-10H,1-3H3;7-9H,4-6H2,1-3H3;2*4-5,7-8H,6H2,1-3H3;2*4-7H,8H2,1-3H3. The van der Waals surface area contributed by atoms with Crippen molar-refractivity contribution < 1.29 is 0 Å². The average Bonchev–Trinajstić information content (AvgIpc) is 1.79. The summed E-state index contributed by atoms with van der Waals surface area (Å²) in [6, 6.07) is 82.7. The van der Waals surface area contributed by atoms with Gasteiger partial charge in [0, 0.05) is 60.4 Å². The molecule has 16 rings (SSSR count). The van der Waals surface area contributed by atoms with Crippen LogP contribution in [0.2, 0.25) is 0 Å². The molecule has 4 nitrogen and oxygen atoms in total. The average molecular weight is 1420 g/mol. The van der Waals surface area contributed by atoms with Crippen LogP contribution in [-0.2, 0) is 71.0 Å². The van der Waals surface area contributed by atoms with Gasteiger partial charge in [0.1, 0.15) is 0 Å². The molecular formula is C103H126N4. The number of benzene rings is 11. The molecule has 0 aromatic heterocycles. The monoisotopic (exact) mass is 1420 g/mol. The Morgan fingerprint density at radius 2 is 0.514 bits per heavy atom. The van der Waals surface area contributed by atoms with E-state index >= 15 is 0 Å². The third-order valence-corrected chi connectivity index (χ3v) is 20.7. The van der Waals surface area contributed by atoms with Crippen LogP contribution in [0.15, 0.2) is 250 Å². The van der Waals surface area contributed by atoms with Gasteiger partial charge in [0.25, 0.3) is 0 Å². The van der Waals surface area contributed by atoms with E-state index in [2.05, 4.69) is 405 Å². The predicted octanol–water partition coefficient (Wildman–Crippen LogP) is 29.1. The number of hydrogen-bond acceptors (Lipinski definition) is 4. The zero-order chi connectivity index (χ0) is 77.9. The summed E-state index contributed by atoms with van der Waals surface area (Å²) in [6.45, 7) is 53.8. The van der Waals surface area contributed by atoms with Crippen LogP contribution in [0, 0.1) is 10.8 Å². The summed E-state index contributed by atoms with van der Waals surface area (Å²) >= 11 is 0. The summed E-state index contributed by atoms with van der Waals surface area (Å²) < 4.78 is 0. The highest BCUT2D eigenvalue weighted by Crippen LogP contribution is 2.37. The Hall–Kier alpha value is -9.12. The molecule has 0 bridgehead atoms. The summed E-state index contributed by atoms with van der Waals surface area (Å²) in [4.78, 5) is 17.9. The van der Waals surface area contributed by atoms with Crippen LogP contribution in [0.3, 0.4) is 0 Å². The molecule has 0 saturated heterocycles. The SMILES string of the molecule is CC(C)(C)C1=Nc2ccccc2C1.CC(C)(C)C1=Nc2ccccc2C1.CC(C)(C)c1ccc2c(c1)CC=N2.CC(C)(C)c1ccc2c(c1)CCC2.CC(C)(C)c1ccc2c(c1)N=CC2.CC(C)(C)c1ccc2ccccc2c1.CC(C)(C)c1ccc2ccccc2c1.CC(C)(C)c1ccc2ccccc2c1. The minimum absolute atomic E-state index is 0.207.